The lowest BCUT2D eigenvalue weighted by Gasteiger charge is -2.11. The predicted molar refractivity (Wildman–Crippen MR) is 86.2 cm³/mol. The van der Waals surface area contributed by atoms with Crippen LogP contribution in [0.5, 0.6) is 0 Å². The third-order valence-electron chi connectivity index (χ3n) is 3.72. The number of esters is 1. The third-order valence-corrected chi connectivity index (χ3v) is 3.72. The van der Waals surface area contributed by atoms with Gasteiger partial charge in [0.2, 0.25) is 0 Å². The number of aryl methyl sites for hydroxylation is 3. The molecule has 0 saturated heterocycles. The summed E-state index contributed by atoms with van der Waals surface area (Å²) in [6.45, 7) is 5.90. The first-order valence-electron chi connectivity index (χ1n) is 7.43. The topological polar surface area (TPSA) is 75.9 Å². The van der Waals surface area contributed by atoms with Crippen molar-refractivity contribution in [3.05, 3.63) is 57.7 Å². The molecule has 118 valence electrons. The fourth-order valence-electron chi connectivity index (χ4n) is 2.53. The molecule has 0 aliphatic rings. The van der Waals surface area contributed by atoms with Gasteiger partial charge in [-0.05, 0) is 48.7 Å². The number of carbonyl (C=O) groups excluding carboxylic acids is 1. The van der Waals surface area contributed by atoms with E-state index in [9.17, 15) is 4.79 Å². The highest BCUT2D eigenvalue weighted by molar-refractivity contribution is 5.87. The number of nitrogens with zero attached hydrogens (tertiary/aromatic N) is 3. The highest BCUT2D eigenvalue weighted by Crippen LogP contribution is 2.20. The first-order chi connectivity index (χ1) is 11.0. The van der Waals surface area contributed by atoms with Gasteiger partial charge in [0.15, 0.2) is 5.69 Å². The van der Waals surface area contributed by atoms with E-state index in [0.29, 0.717) is 24.2 Å². The minimum atomic E-state index is -0.461. The number of hydrogen-bond acceptors (Lipinski definition) is 5. The molecule has 2 aromatic rings. The SMILES string of the molecule is CCc1nc(Cc2c(C)cc(C#N)cc2C)cc(C(=O)OC)n1. The van der Waals surface area contributed by atoms with Crippen LogP contribution in [0.2, 0.25) is 0 Å². The van der Waals surface area contributed by atoms with Gasteiger partial charge in [0.05, 0.1) is 18.7 Å². The van der Waals surface area contributed by atoms with Crippen molar-refractivity contribution in [3.63, 3.8) is 0 Å². The van der Waals surface area contributed by atoms with Crippen LogP contribution in [0.4, 0.5) is 0 Å². The quantitative estimate of drug-likeness (QED) is 0.812. The Balaban J connectivity index is 2.44. The molecule has 0 spiro atoms. The van der Waals surface area contributed by atoms with Crippen LogP contribution in [-0.2, 0) is 17.6 Å². The van der Waals surface area contributed by atoms with Crippen LogP contribution < -0.4 is 0 Å². The molecule has 0 bridgehead atoms. The summed E-state index contributed by atoms with van der Waals surface area (Å²) in [6.07, 6.45) is 1.23. The molecule has 0 saturated carbocycles. The summed E-state index contributed by atoms with van der Waals surface area (Å²) in [5.74, 6) is 0.156. The largest absolute Gasteiger partial charge is 0.464 e. The second-order valence-electron chi connectivity index (χ2n) is 5.38. The lowest BCUT2D eigenvalue weighted by Crippen LogP contribution is -2.10. The summed E-state index contributed by atoms with van der Waals surface area (Å²) >= 11 is 0. The van der Waals surface area contributed by atoms with E-state index in [2.05, 4.69) is 16.0 Å². The molecule has 0 unspecified atom stereocenters. The van der Waals surface area contributed by atoms with Crippen molar-refractivity contribution in [2.24, 2.45) is 0 Å². The molecular formula is C18H19N3O2. The van der Waals surface area contributed by atoms with Gasteiger partial charge in [-0.3, -0.25) is 0 Å². The molecule has 0 fully saturated rings. The van der Waals surface area contributed by atoms with Crippen LogP contribution >= 0.6 is 0 Å². The van der Waals surface area contributed by atoms with Crippen molar-refractivity contribution < 1.29 is 9.53 Å². The number of methoxy groups -OCH3 is 1. The van der Waals surface area contributed by atoms with Crippen LogP contribution in [0.25, 0.3) is 0 Å². The second kappa shape index (κ2) is 7.01. The molecule has 2 rings (SSSR count). The van der Waals surface area contributed by atoms with Crippen LogP contribution in [0.1, 0.15) is 51.2 Å². The van der Waals surface area contributed by atoms with Crippen molar-refractivity contribution in [1.29, 1.82) is 5.26 Å². The number of benzene rings is 1. The van der Waals surface area contributed by atoms with Gasteiger partial charge < -0.3 is 4.74 Å². The lowest BCUT2D eigenvalue weighted by molar-refractivity contribution is 0.0593. The lowest BCUT2D eigenvalue weighted by atomic mass is 9.96. The smallest absolute Gasteiger partial charge is 0.356 e. The normalized spacial score (nSPS) is 10.2. The monoisotopic (exact) mass is 309 g/mol. The van der Waals surface area contributed by atoms with Crippen molar-refractivity contribution in [3.8, 4) is 6.07 Å². The van der Waals surface area contributed by atoms with Crippen molar-refractivity contribution >= 4 is 5.97 Å². The molecule has 23 heavy (non-hydrogen) atoms. The highest BCUT2D eigenvalue weighted by atomic mass is 16.5. The Kier molecular flexibility index (Phi) is 5.07. The average Bonchev–Trinajstić information content (AvgIpc) is 2.56. The van der Waals surface area contributed by atoms with Crippen molar-refractivity contribution in [1.82, 2.24) is 9.97 Å². The van der Waals surface area contributed by atoms with E-state index in [-0.39, 0.29) is 5.69 Å². The fourth-order valence-corrected chi connectivity index (χ4v) is 2.53. The zero-order valence-electron chi connectivity index (χ0n) is 13.8. The fraction of sp³-hybridized carbons (Fsp3) is 0.333. The minimum Gasteiger partial charge on any atom is -0.464 e. The molecule has 0 radical (unpaired) electrons. The molecule has 0 atom stereocenters. The van der Waals surface area contributed by atoms with Crippen molar-refractivity contribution in [2.45, 2.75) is 33.6 Å². The minimum absolute atomic E-state index is 0.276. The summed E-state index contributed by atoms with van der Waals surface area (Å²) in [6, 6.07) is 7.56. The summed E-state index contributed by atoms with van der Waals surface area (Å²) in [5.41, 5.74) is 4.89. The average molecular weight is 309 g/mol. The maximum absolute atomic E-state index is 11.8. The van der Waals surface area contributed by atoms with Gasteiger partial charge in [0.1, 0.15) is 5.82 Å². The Bertz CT molecular complexity index is 768. The Morgan fingerprint density at radius 3 is 2.39 bits per heavy atom. The van der Waals surface area contributed by atoms with Crippen LogP contribution in [0.3, 0.4) is 0 Å². The van der Waals surface area contributed by atoms with Crippen LogP contribution in [0.15, 0.2) is 18.2 Å². The van der Waals surface area contributed by atoms with Gasteiger partial charge in [0, 0.05) is 18.5 Å². The zero-order chi connectivity index (χ0) is 17.0. The maximum atomic E-state index is 11.8. The molecule has 5 nitrogen and oxygen atoms in total. The van der Waals surface area contributed by atoms with Gasteiger partial charge in [-0.1, -0.05) is 6.92 Å². The van der Waals surface area contributed by atoms with Gasteiger partial charge in [0.25, 0.3) is 0 Å². The molecule has 0 aliphatic heterocycles. The molecule has 0 N–H and O–H groups in total. The Morgan fingerprint density at radius 1 is 1.22 bits per heavy atom. The summed E-state index contributed by atoms with van der Waals surface area (Å²) in [5, 5.41) is 9.04. The van der Waals surface area contributed by atoms with E-state index in [4.69, 9.17) is 10.00 Å². The Hall–Kier alpha value is -2.74. The van der Waals surface area contributed by atoms with E-state index in [0.717, 1.165) is 22.4 Å². The van der Waals surface area contributed by atoms with E-state index in [1.54, 1.807) is 6.07 Å². The summed E-state index contributed by atoms with van der Waals surface area (Å²) in [7, 11) is 1.34. The first-order valence-corrected chi connectivity index (χ1v) is 7.43. The number of nitriles is 1. The Labute approximate surface area is 136 Å². The molecule has 5 heteroatoms. The van der Waals surface area contributed by atoms with E-state index in [1.807, 2.05) is 32.9 Å². The van der Waals surface area contributed by atoms with Gasteiger partial charge in [-0.2, -0.15) is 5.26 Å². The predicted octanol–water partition coefficient (Wildman–Crippen LogP) is 2.90. The van der Waals surface area contributed by atoms with Gasteiger partial charge in [-0.25, -0.2) is 14.8 Å². The van der Waals surface area contributed by atoms with Gasteiger partial charge >= 0.3 is 5.97 Å². The van der Waals surface area contributed by atoms with Crippen LogP contribution in [0, 0.1) is 25.2 Å². The van der Waals surface area contributed by atoms with E-state index in [1.165, 1.54) is 7.11 Å². The first kappa shape index (κ1) is 16.6. The number of aromatic nitrogens is 2. The molecule has 1 heterocycles. The number of rotatable bonds is 4. The van der Waals surface area contributed by atoms with Crippen molar-refractivity contribution in [2.75, 3.05) is 7.11 Å². The standard InChI is InChI=1S/C18H19N3O2/c1-5-17-20-14(9-16(21-17)18(22)23-4)8-15-11(2)6-13(10-19)7-12(15)3/h6-7,9H,5,8H2,1-4H3. The van der Waals surface area contributed by atoms with E-state index < -0.39 is 5.97 Å². The maximum Gasteiger partial charge on any atom is 0.356 e. The molecule has 1 aromatic heterocycles. The van der Waals surface area contributed by atoms with Crippen LogP contribution in [-0.4, -0.2) is 23.0 Å². The molecular weight excluding hydrogens is 290 g/mol. The number of ether oxygens (including phenoxy) is 1. The van der Waals surface area contributed by atoms with E-state index >= 15 is 0 Å². The number of carbonyl (C=O) groups is 1. The number of hydrogen-bond donors (Lipinski definition) is 0. The third kappa shape index (κ3) is 3.72. The molecule has 0 aliphatic carbocycles. The summed E-state index contributed by atoms with van der Waals surface area (Å²) < 4.78 is 4.75. The Morgan fingerprint density at radius 2 is 1.87 bits per heavy atom. The summed E-state index contributed by atoms with van der Waals surface area (Å²) in [4.78, 5) is 20.5. The highest BCUT2D eigenvalue weighted by Gasteiger charge is 2.13. The molecule has 0 amide bonds. The molecule has 1 aromatic carbocycles. The zero-order valence-corrected chi connectivity index (χ0v) is 13.8. The second-order valence-corrected chi connectivity index (χ2v) is 5.38. The van der Waals surface area contributed by atoms with Gasteiger partial charge in [-0.15, -0.1) is 0 Å².